The number of aromatic nitrogens is 4. The highest BCUT2D eigenvalue weighted by Gasteiger charge is 2.27. The Balaban J connectivity index is 1.47. The summed E-state index contributed by atoms with van der Waals surface area (Å²) in [7, 11) is 0. The van der Waals surface area contributed by atoms with E-state index in [1.165, 1.54) is 11.3 Å². The molecule has 0 radical (unpaired) electrons. The van der Waals surface area contributed by atoms with Crippen LogP contribution in [-0.2, 0) is 13.0 Å². The molecule has 1 amide bonds. The summed E-state index contributed by atoms with van der Waals surface area (Å²) in [6, 6.07) is 7.44. The molecule has 5 rings (SSSR count). The van der Waals surface area contributed by atoms with E-state index in [0.29, 0.717) is 23.8 Å². The molecule has 8 heteroatoms. The maximum absolute atomic E-state index is 13.0. The summed E-state index contributed by atoms with van der Waals surface area (Å²) in [6.07, 6.45) is 0.749. The molecule has 0 saturated carbocycles. The summed E-state index contributed by atoms with van der Waals surface area (Å²) < 4.78 is 0. The fraction of sp³-hybridized carbons (Fsp3) is 0.167. The molecule has 26 heavy (non-hydrogen) atoms. The van der Waals surface area contributed by atoms with Crippen molar-refractivity contribution >= 4 is 39.7 Å². The highest BCUT2D eigenvalue weighted by Crippen LogP contribution is 2.30. The predicted octanol–water partition coefficient (Wildman–Crippen LogP) is 3.87. The molecule has 1 aliphatic rings. The number of nitrogens with zero attached hydrogens (tertiary/aromatic N) is 3. The van der Waals surface area contributed by atoms with Crippen LogP contribution in [0.15, 0.2) is 35.2 Å². The van der Waals surface area contributed by atoms with Crippen molar-refractivity contribution in [3.63, 3.8) is 0 Å². The number of fused-ring (bicyclic) bond motifs is 2. The predicted molar refractivity (Wildman–Crippen MR) is 101 cm³/mol. The first-order valence-electron chi connectivity index (χ1n) is 8.22. The zero-order chi connectivity index (χ0) is 17.7. The Kier molecular flexibility index (Phi) is 3.58. The Morgan fingerprint density at radius 1 is 1.35 bits per heavy atom. The lowest BCUT2D eigenvalue weighted by atomic mass is 10.0. The van der Waals surface area contributed by atoms with Crippen LogP contribution in [0.2, 0.25) is 5.02 Å². The molecule has 0 bridgehead atoms. The van der Waals surface area contributed by atoms with Crippen LogP contribution < -0.4 is 0 Å². The van der Waals surface area contributed by atoms with Gasteiger partial charge in [0.1, 0.15) is 17.1 Å². The summed E-state index contributed by atoms with van der Waals surface area (Å²) in [6.45, 7) is 1.16. The molecule has 1 aliphatic heterocycles. The van der Waals surface area contributed by atoms with Crippen LogP contribution in [0, 0.1) is 0 Å². The SMILES string of the molecule is O=C(c1cc2c(Cl)cccc2[nH]1)N1CCc2[nH]nc(-c3cscn3)c2C1. The van der Waals surface area contributed by atoms with Crippen LogP contribution in [-0.4, -0.2) is 37.5 Å². The van der Waals surface area contributed by atoms with Crippen molar-refractivity contribution in [2.75, 3.05) is 6.54 Å². The first kappa shape index (κ1) is 15.6. The maximum atomic E-state index is 13.0. The van der Waals surface area contributed by atoms with Gasteiger partial charge in [0.2, 0.25) is 0 Å². The average molecular weight is 384 g/mol. The lowest BCUT2D eigenvalue weighted by Crippen LogP contribution is -2.36. The molecule has 4 aromatic rings. The number of hydrogen-bond acceptors (Lipinski definition) is 4. The van der Waals surface area contributed by atoms with Crippen LogP contribution in [0.3, 0.4) is 0 Å². The van der Waals surface area contributed by atoms with E-state index in [2.05, 4.69) is 20.2 Å². The Morgan fingerprint density at radius 2 is 2.27 bits per heavy atom. The third-order valence-corrected chi connectivity index (χ3v) is 5.65. The van der Waals surface area contributed by atoms with Gasteiger partial charge in [-0.3, -0.25) is 9.89 Å². The second-order valence-corrected chi connectivity index (χ2v) is 7.39. The number of amides is 1. The molecule has 3 aromatic heterocycles. The second kappa shape index (κ2) is 5.96. The maximum Gasteiger partial charge on any atom is 0.270 e. The number of hydrogen-bond donors (Lipinski definition) is 2. The third kappa shape index (κ3) is 2.43. The molecule has 0 fully saturated rings. The van der Waals surface area contributed by atoms with E-state index in [4.69, 9.17) is 11.6 Å². The minimum atomic E-state index is -0.0339. The summed E-state index contributed by atoms with van der Waals surface area (Å²) in [5, 5.41) is 11.0. The van der Waals surface area contributed by atoms with Gasteiger partial charge >= 0.3 is 0 Å². The Morgan fingerprint density at radius 3 is 3.08 bits per heavy atom. The molecule has 1 aromatic carbocycles. The van der Waals surface area contributed by atoms with Crippen LogP contribution in [0.1, 0.15) is 21.7 Å². The molecule has 0 unspecified atom stereocenters. The number of halogens is 1. The number of carbonyl (C=O) groups is 1. The van der Waals surface area contributed by atoms with Gasteiger partial charge in [-0.05, 0) is 18.2 Å². The summed E-state index contributed by atoms with van der Waals surface area (Å²) >= 11 is 7.76. The van der Waals surface area contributed by atoms with E-state index in [1.54, 1.807) is 5.51 Å². The molecule has 0 atom stereocenters. The molecular weight excluding hydrogens is 370 g/mol. The summed E-state index contributed by atoms with van der Waals surface area (Å²) in [4.78, 5) is 22.4. The van der Waals surface area contributed by atoms with Crippen molar-refractivity contribution in [2.45, 2.75) is 13.0 Å². The first-order chi connectivity index (χ1) is 12.7. The van der Waals surface area contributed by atoms with Crippen LogP contribution in [0.5, 0.6) is 0 Å². The Labute approximate surface area is 157 Å². The number of H-pyrrole nitrogens is 2. The van der Waals surface area contributed by atoms with E-state index < -0.39 is 0 Å². The lowest BCUT2D eigenvalue weighted by molar-refractivity contribution is 0.0729. The van der Waals surface area contributed by atoms with Crippen molar-refractivity contribution in [1.29, 1.82) is 0 Å². The lowest BCUT2D eigenvalue weighted by Gasteiger charge is -2.26. The molecule has 0 spiro atoms. The standard InChI is InChI=1S/C18H14ClN5OS/c19-12-2-1-3-13-10(12)6-15(21-13)18(25)24-5-4-14-11(7-24)17(23-22-14)16-8-26-9-20-16/h1-3,6,8-9,21H,4-5,7H2,(H,22,23). The number of rotatable bonds is 2. The van der Waals surface area contributed by atoms with E-state index in [-0.39, 0.29) is 5.91 Å². The largest absolute Gasteiger partial charge is 0.350 e. The molecule has 0 aliphatic carbocycles. The van der Waals surface area contributed by atoms with E-state index >= 15 is 0 Å². The summed E-state index contributed by atoms with van der Waals surface area (Å²) in [5.74, 6) is -0.0339. The second-order valence-electron chi connectivity index (χ2n) is 6.26. The zero-order valence-electron chi connectivity index (χ0n) is 13.6. The van der Waals surface area contributed by atoms with Crippen LogP contribution in [0.25, 0.3) is 22.3 Å². The average Bonchev–Trinajstić information content (AvgIpc) is 3.39. The molecule has 0 saturated heterocycles. The van der Waals surface area contributed by atoms with Gasteiger partial charge < -0.3 is 9.88 Å². The van der Waals surface area contributed by atoms with Gasteiger partial charge in [0.25, 0.3) is 5.91 Å². The first-order valence-corrected chi connectivity index (χ1v) is 9.54. The number of nitrogens with one attached hydrogen (secondary N) is 2. The number of thiazole rings is 1. The van der Waals surface area contributed by atoms with Gasteiger partial charge in [0.05, 0.1) is 12.1 Å². The van der Waals surface area contributed by atoms with E-state index in [9.17, 15) is 4.79 Å². The van der Waals surface area contributed by atoms with Gasteiger partial charge in [-0.25, -0.2) is 4.98 Å². The smallest absolute Gasteiger partial charge is 0.270 e. The quantitative estimate of drug-likeness (QED) is 0.551. The monoisotopic (exact) mass is 383 g/mol. The van der Waals surface area contributed by atoms with Crippen LogP contribution in [0.4, 0.5) is 0 Å². The zero-order valence-corrected chi connectivity index (χ0v) is 15.2. The van der Waals surface area contributed by atoms with Gasteiger partial charge in [0.15, 0.2) is 0 Å². The number of aromatic amines is 2. The summed E-state index contributed by atoms with van der Waals surface area (Å²) in [5.41, 5.74) is 7.01. The van der Waals surface area contributed by atoms with Crippen molar-refractivity contribution in [3.05, 3.63) is 57.1 Å². The normalized spacial score (nSPS) is 14.0. The number of carbonyl (C=O) groups excluding carboxylic acids is 1. The van der Waals surface area contributed by atoms with E-state index in [1.807, 2.05) is 34.5 Å². The fourth-order valence-corrected chi connectivity index (χ4v) is 4.18. The minimum Gasteiger partial charge on any atom is -0.350 e. The van der Waals surface area contributed by atoms with Crippen molar-refractivity contribution in [1.82, 2.24) is 25.1 Å². The molecule has 4 heterocycles. The van der Waals surface area contributed by atoms with Crippen molar-refractivity contribution in [2.24, 2.45) is 0 Å². The van der Waals surface area contributed by atoms with Gasteiger partial charge in [-0.2, -0.15) is 5.10 Å². The van der Waals surface area contributed by atoms with Crippen molar-refractivity contribution < 1.29 is 4.79 Å². The Hall–Kier alpha value is -2.64. The molecular formula is C18H14ClN5OS. The van der Waals surface area contributed by atoms with Gasteiger partial charge in [-0.15, -0.1) is 11.3 Å². The van der Waals surface area contributed by atoms with Crippen molar-refractivity contribution in [3.8, 4) is 11.4 Å². The Bertz CT molecular complexity index is 1110. The molecule has 2 N–H and O–H groups in total. The topological polar surface area (TPSA) is 77.7 Å². The fourth-order valence-electron chi connectivity index (χ4n) is 3.41. The highest BCUT2D eigenvalue weighted by atomic mass is 35.5. The minimum absolute atomic E-state index is 0.0339. The van der Waals surface area contributed by atoms with Gasteiger partial charge in [-0.1, -0.05) is 17.7 Å². The highest BCUT2D eigenvalue weighted by molar-refractivity contribution is 7.07. The molecule has 130 valence electrons. The van der Waals surface area contributed by atoms with E-state index in [0.717, 1.165) is 40.0 Å². The number of benzene rings is 1. The molecule has 6 nitrogen and oxygen atoms in total. The van der Waals surface area contributed by atoms with Gasteiger partial charge in [0, 0.05) is 45.5 Å². The van der Waals surface area contributed by atoms with Crippen LogP contribution >= 0.6 is 22.9 Å². The third-order valence-electron chi connectivity index (χ3n) is 4.74.